The summed E-state index contributed by atoms with van der Waals surface area (Å²) >= 11 is 5.92. The van der Waals surface area contributed by atoms with E-state index in [4.69, 9.17) is 21.1 Å². The topological polar surface area (TPSA) is 64.6 Å². The number of rotatable bonds is 7. The fraction of sp³-hybridized carbons (Fsp3) is 0.222. The zero-order valence-corrected chi connectivity index (χ0v) is 14.0. The van der Waals surface area contributed by atoms with Crippen molar-refractivity contribution in [3.05, 3.63) is 64.7 Å². The summed E-state index contributed by atoms with van der Waals surface area (Å²) < 4.78 is 10.4. The van der Waals surface area contributed by atoms with Crippen molar-refractivity contribution in [2.24, 2.45) is 0 Å². The van der Waals surface area contributed by atoms with Crippen LogP contribution in [0.15, 0.2) is 48.5 Å². The van der Waals surface area contributed by atoms with Crippen LogP contribution in [0.4, 0.5) is 0 Å². The molecule has 6 heteroatoms. The van der Waals surface area contributed by atoms with Crippen LogP contribution in [0.1, 0.15) is 11.1 Å². The van der Waals surface area contributed by atoms with Crippen LogP contribution in [0.25, 0.3) is 0 Å². The molecular weight excluding hydrogens is 330 g/mol. The Bertz CT molecular complexity index is 703. The molecule has 0 saturated heterocycles. The van der Waals surface area contributed by atoms with E-state index in [1.54, 1.807) is 18.2 Å². The minimum atomic E-state index is -0.505. The number of nitrogens with one attached hydrogen (secondary N) is 1. The predicted octanol–water partition coefficient (Wildman–Crippen LogP) is 2.89. The first-order chi connectivity index (χ1) is 11.5. The Morgan fingerprint density at radius 1 is 1.12 bits per heavy atom. The first kappa shape index (κ1) is 17.8. The molecule has 2 rings (SSSR count). The number of aryl methyl sites for hydroxylation is 1. The van der Waals surface area contributed by atoms with Gasteiger partial charge in [-0.1, -0.05) is 41.9 Å². The molecule has 0 aromatic heterocycles. The largest absolute Gasteiger partial charge is 0.484 e. The number of ether oxygens (including phenoxy) is 2. The highest BCUT2D eigenvalue weighted by Gasteiger charge is 2.08. The number of carbonyl (C=O) groups excluding carboxylic acids is 2. The second-order valence-electron chi connectivity index (χ2n) is 5.12. The number of hydrogen-bond donors (Lipinski definition) is 1. The summed E-state index contributed by atoms with van der Waals surface area (Å²) in [5, 5.41) is 3.08. The van der Waals surface area contributed by atoms with Crippen molar-refractivity contribution in [3.63, 3.8) is 0 Å². The quantitative estimate of drug-likeness (QED) is 0.782. The second kappa shape index (κ2) is 8.93. The van der Waals surface area contributed by atoms with Gasteiger partial charge in [-0.2, -0.15) is 0 Å². The summed E-state index contributed by atoms with van der Waals surface area (Å²) in [7, 11) is 0. The molecule has 0 spiro atoms. The highest BCUT2D eigenvalue weighted by molar-refractivity contribution is 6.31. The van der Waals surface area contributed by atoms with E-state index in [1.165, 1.54) is 0 Å². The lowest BCUT2D eigenvalue weighted by Gasteiger charge is -2.09. The Morgan fingerprint density at radius 2 is 1.88 bits per heavy atom. The van der Waals surface area contributed by atoms with E-state index in [0.717, 1.165) is 11.1 Å². The van der Waals surface area contributed by atoms with Gasteiger partial charge in [0.05, 0.1) is 0 Å². The second-order valence-corrected chi connectivity index (χ2v) is 5.53. The van der Waals surface area contributed by atoms with Gasteiger partial charge in [-0.25, -0.2) is 0 Å². The molecule has 0 heterocycles. The third-order valence-electron chi connectivity index (χ3n) is 3.17. The maximum absolute atomic E-state index is 11.7. The van der Waals surface area contributed by atoms with E-state index in [0.29, 0.717) is 10.8 Å². The minimum Gasteiger partial charge on any atom is -0.484 e. The lowest BCUT2D eigenvalue weighted by Crippen LogP contribution is -2.34. The molecule has 0 fully saturated rings. The van der Waals surface area contributed by atoms with Crippen LogP contribution in [-0.2, 0) is 20.9 Å². The van der Waals surface area contributed by atoms with E-state index in [1.807, 2.05) is 37.3 Å². The maximum atomic E-state index is 11.7. The Hall–Kier alpha value is -2.53. The maximum Gasteiger partial charge on any atom is 0.325 e. The fourth-order valence-electron chi connectivity index (χ4n) is 1.87. The van der Waals surface area contributed by atoms with Crippen LogP contribution in [0, 0.1) is 6.92 Å². The van der Waals surface area contributed by atoms with E-state index in [9.17, 15) is 9.59 Å². The van der Waals surface area contributed by atoms with Gasteiger partial charge in [0.1, 0.15) is 18.9 Å². The van der Waals surface area contributed by atoms with Crippen molar-refractivity contribution < 1.29 is 19.1 Å². The summed E-state index contributed by atoms with van der Waals surface area (Å²) in [5.74, 6) is -0.368. The molecule has 0 unspecified atom stereocenters. The van der Waals surface area contributed by atoms with E-state index in [-0.39, 0.29) is 19.8 Å². The van der Waals surface area contributed by atoms with Gasteiger partial charge in [-0.15, -0.1) is 0 Å². The Labute approximate surface area is 145 Å². The summed E-state index contributed by atoms with van der Waals surface area (Å²) in [6.45, 7) is 1.63. The molecule has 0 saturated carbocycles. The molecule has 24 heavy (non-hydrogen) atoms. The molecule has 0 bridgehead atoms. The number of benzene rings is 2. The van der Waals surface area contributed by atoms with E-state index < -0.39 is 11.9 Å². The van der Waals surface area contributed by atoms with Gasteiger partial charge < -0.3 is 14.8 Å². The van der Waals surface area contributed by atoms with Crippen LogP contribution in [0.3, 0.4) is 0 Å². The lowest BCUT2D eigenvalue weighted by atomic mass is 10.2. The monoisotopic (exact) mass is 347 g/mol. The van der Waals surface area contributed by atoms with Crippen molar-refractivity contribution >= 4 is 23.5 Å². The summed E-state index contributed by atoms with van der Waals surface area (Å²) in [4.78, 5) is 23.3. The van der Waals surface area contributed by atoms with Gasteiger partial charge in [-0.3, -0.25) is 9.59 Å². The summed E-state index contributed by atoms with van der Waals surface area (Å²) in [5.41, 5.74) is 1.75. The zero-order valence-electron chi connectivity index (χ0n) is 13.3. The number of halogens is 1. The molecule has 1 N–H and O–H groups in total. The van der Waals surface area contributed by atoms with Gasteiger partial charge in [0.2, 0.25) is 0 Å². The van der Waals surface area contributed by atoms with Crippen LogP contribution < -0.4 is 10.1 Å². The van der Waals surface area contributed by atoms with Crippen molar-refractivity contribution in [2.45, 2.75) is 13.5 Å². The highest BCUT2D eigenvalue weighted by Crippen LogP contribution is 2.20. The van der Waals surface area contributed by atoms with Crippen LogP contribution in [0.5, 0.6) is 5.75 Å². The van der Waals surface area contributed by atoms with Gasteiger partial charge >= 0.3 is 5.97 Å². The summed E-state index contributed by atoms with van der Waals surface area (Å²) in [6.07, 6.45) is 0. The molecule has 5 nitrogen and oxygen atoms in total. The molecule has 2 aromatic carbocycles. The van der Waals surface area contributed by atoms with Gasteiger partial charge in [0, 0.05) is 5.02 Å². The van der Waals surface area contributed by atoms with Gasteiger partial charge in [-0.05, 0) is 36.2 Å². The minimum absolute atomic E-state index is 0.177. The average Bonchev–Trinajstić information content (AvgIpc) is 2.60. The van der Waals surface area contributed by atoms with E-state index >= 15 is 0 Å². The first-order valence-corrected chi connectivity index (χ1v) is 7.77. The number of hydrogen-bond acceptors (Lipinski definition) is 4. The molecule has 2 aromatic rings. The number of amides is 1. The van der Waals surface area contributed by atoms with Crippen molar-refractivity contribution in [1.29, 1.82) is 0 Å². The van der Waals surface area contributed by atoms with Gasteiger partial charge in [0.15, 0.2) is 6.61 Å². The molecule has 0 aliphatic rings. The molecule has 1 amide bonds. The van der Waals surface area contributed by atoms with Crippen molar-refractivity contribution in [3.8, 4) is 5.75 Å². The molecule has 0 aliphatic carbocycles. The number of carbonyl (C=O) groups is 2. The Kier molecular flexibility index (Phi) is 6.63. The molecular formula is C18H18ClNO4. The van der Waals surface area contributed by atoms with Gasteiger partial charge in [0.25, 0.3) is 5.91 Å². The standard InChI is InChI=1S/C18H18ClNO4/c1-13-9-15(7-8-16(13)19)23-12-17(21)20-10-18(22)24-11-14-5-3-2-4-6-14/h2-9H,10-12H2,1H3,(H,20,21). The average molecular weight is 348 g/mol. The molecule has 126 valence electrons. The van der Waals surface area contributed by atoms with Crippen LogP contribution in [0.2, 0.25) is 5.02 Å². The third kappa shape index (κ3) is 5.93. The first-order valence-electron chi connectivity index (χ1n) is 7.40. The smallest absolute Gasteiger partial charge is 0.325 e. The third-order valence-corrected chi connectivity index (χ3v) is 3.60. The normalized spacial score (nSPS) is 10.1. The summed E-state index contributed by atoms with van der Waals surface area (Å²) in [6, 6.07) is 14.4. The zero-order chi connectivity index (χ0) is 17.4. The molecule has 0 atom stereocenters. The van der Waals surface area contributed by atoms with Crippen molar-refractivity contribution in [1.82, 2.24) is 5.32 Å². The molecule has 0 aliphatic heterocycles. The lowest BCUT2D eigenvalue weighted by molar-refractivity contribution is -0.145. The fourth-order valence-corrected chi connectivity index (χ4v) is 1.98. The number of esters is 1. The highest BCUT2D eigenvalue weighted by atomic mass is 35.5. The van der Waals surface area contributed by atoms with E-state index in [2.05, 4.69) is 5.32 Å². The Balaban J connectivity index is 1.67. The molecule has 0 radical (unpaired) electrons. The van der Waals surface area contributed by atoms with Crippen molar-refractivity contribution in [2.75, 3.05) is 13.2 Å². The van der Waals surface area contributed by atoms with Crippen LogP contribution >= 0.6 is 11.6 Å². The predicted molar refractivity (Wildman–Crippen MR) is 90.9 cm³/mol. The Morgan fingerprint density at radius 3 is 2.58 bits per heavy atom. The van der Waals surface area contributed by atoms with Crippen LogP contribution in [-0.4, -0.2) is 25.0 Å². The SMILES string of the molecule is Cc1cc(OCC(=O)NCC(=O)OCc2ccccc2)ccc1Cl.